The van der Waals surface area contributed by atoms with Crippen molar-refractivity contribution in [2.45, 2.75) is 45.6 Å². The average molecular weight is 509 g/mol. The van der Waals surface area contributed by atoms with Crippen LogP contribution in [0.15, 0.2) is 42.6 Å². The van der Waals surface area contributed by atoms with Gasteiger partial charge in [0.25, 0.3) is 0 Å². The Kier molecular flexibility index (Phi) is 11.1. The zero-order valence-electron chi connectivity index (χ0n) is 18.5. The van der Waals surface area contributed by atoms with Crippen molar-refractivity contribution in [2.24, 2.45) is 0 Å². The molecule has 2 unspecified atom stereocenters. The molecule has 0 saturated carbocycles. The van der Waals surface area contributed by atoms with Crippen molar-refractivity contribution < 1.29 is 26.5 Å². The van der Waals surface area contributed by atoms with E-state index in [1.807, 2.05) is 6.20 Å². The molecule has 1 aromatic heterocycles. The molecule has 176 valence electrons. The third-order valence-corrected chi connectivity index (χ3v) is 7.37. The number of para-hydroxylation sites is 1. The zero-order valence-corrected chi connectivity index (χ0v) is 20.4. The molecule has 1 aliphatic heterocycles. The number of ether oxygens (including phenoxy) is 1. The first kappa shape index (κ1) is 26.3. The van der Waals surface area contributed by atoms with E-state index in [9.17, 15) is 12.6 Å². The summed E-state index contributed by atoms with van der Waals surface area (Å²) >= 11 is -4.92. The largest absolute Gasteiger partial charge is 0.371 e. The maximum absolute atomic E-state index is 11.4. The smallest absolute Gasteiger partial charge is 0.0951 e. The van der Waals surface area contributed by atoms with Crippen LogP contribution in [0.2, 0.25) is 0 Å². The molecule has 1 amide bonds. The second-order valence-corrected chi connectivity index (χ2v) is 10.9. The standard InChI is InChI=1S/C14H22N2O.C8H10AsNO5/c1-2-3-4-5-13-10-12(6-7-16-13)14-11-15-8-9-17-14;1-6(11)10-8-5-3-2-4-7(8)9(12,13)15-14/h6-7,10,14-15H,2-5,8-9,11H2,1H3;2-5,14H,1H3,(H,10,11)(H,12,13). The summed E-state index contributed by atoms with van der Waals surface area (Å²) in [6.45, 7) is 6.18. The Balaban J connectivity index is 0.000000229. The molecule has 2 atom stereocenters. The van der Waals surface area contributed by atoms with Gasteiger partial charge in [0, 0.05) is 25.0 Å². The monoisotopic (exact) mass is 509 g/mol. The molecule has 3 rings (SSSR count). The first-order valence-corrected chi connectivity index (χ1v) is 14.0. The number of aromatic nitrogens is 1. The molecule has 1 saturated heterocycles. The van der Waals surface area contributed by atoms with Crippen LogP contribution in [0.25, 0.3) is 0 Å². The van der Waals surface area contributed by atoms with E-state index >= 15 is 0 Å². The quantitative estimate of drug-likeness (QED) is 0.184. The number of nitrogens with one attached hydrogen (secondary N) is 2. The van der Waals surface area contributed by atoms with Gasteiger partial charge in [0.15, 0.2) is 0 Å². The topological polar surface area (TPSA) is 130 Å². The van der Waals surface area contributed by atoms with Crippen molar-refractivity contribution in [1.29, 1.82) is 0 Å². The van der Waals surface area contributed by atoms with E-state index in [4.69, 9.17) is 9.99 Å². The summed E-state index contributed by atoms with van der Waals surface area (Å²) in [4.78, 5) is 15.2. The second kappa shape index (κ2) is 13.5. The van der Waals surface area contributed by atoms with Gasteiger partial charge in [-0.2, -0.15) is 0 Å². The van der Waals surface area contributed by atoms with Gasteiger partial charge in [-0.15, -0.1) is 0 Å². The van der Waals surface area contributed by atoms with E-state index in [1.54, 1.807) is 6.07 Å². The predicted molar refractivity (Wildman–Crippen MR) is 122 cm³/mol. The molecule has 4 N–H and O–H groups in total. The molecule has 1 fully saturated rings. The van der Waals surface area contributed by atoms with E-state index in [0.29, 0.717) is 0 Å². The Morgan fingerprint density at radius 3 is 2.78 bits per heavy atom. The SMILES string of the molecule is CC(=O)Nc1ccccc1[As](=O)(O)OO.CCCCCc1cc(C2CNCCO2)ccn1. The average Bonchev–Trinajstić information content (AvgIpc) is 2.80. The number of nitrogens with zero attached hydrogens (tertiary/aromatic N) is 1. The van der Waals surface area contributed by atoms with Crippen molar-refractivity contribution in [3.8, 4) is 0 Å². The van der Waals surface area contributed by atoms with Crippen LogP contribution in [0.3, 0.4) is 0 Å². The maximum Gasteiger partial charge on any atom is 0.0951 e. The number of rotatable bonds is 8. The Hall–Kier alpha value is -2.00. The molecule has 0 radical (unpaired) electrons. The summed E-state index contributed by atoms with van der Waals surface area (Å²) in [5.41, 5.74) is 2.62. The Bertz CT molecular complexity index is 905. The number of unbranched alkanes of at least 4 members (excludes halogenated alkanes) is 2. The van der Waals surface area contributed by atoms with Gasteiger partial charge in [0.1, 0.15) is 0 Å². The number of hydrogen-bond donors (Lipinski definition) is 4. The van der Waals surface area contributed by atoms with Crippen molar-refractivity contribution in [3.63, 3.8) is 0 Å². The summed E-state index contributed by atoms with van der Waals surface area (Å²) in [7, 11) is 0. The number of amides is 1. The van der Waals surface area contributed by atoms with Gasteiger partial charge >= 0.3 is 88.4 Å². The first-order chi connectivity index (χ1) is 15.4. The van der Waals surface area contributed by atoms with E-state index in [0.717, 1.165) is 26.1 Å². The Labute approximate surface area is 191 Å². The normalized spacial score (nSPS) is 17.6. The van der Waals surface area contributed by atoms with E-state index < -0.39 is 14.2 Å². The number of benzene rings is 1. The van der Waals surface area contributed by atoms with Crippen molar-refractivity contribution in [3.05, 3.63) is 53.9 Å². The number of carbonyl (C=O) groups excluding carboxylic acids is 1. The minimum atomic E-state index is -4.92. The number of hydrogen-bond acceptors (Lipinski definition) is 7. The summed E-state index contributed by atoms with van der Waals surface area (Å²) in [6, 6.07) is 10.1. The van der Waals surface area contributed by atoms with Gasteiger partial charge in [-0.3, -0.25) is 4.98 Å². The van der Waals surface area contributed by atoms with Crippen LogP contribution in [-0.2, 0) is 23.6 Å². The Morgan fingerprint density at radius 2 is 2.12 bits per heavy atom. The minimum Gasteiger partial charge on any atom is -0.371 e. The van der Waals surface area contributed by atoms with Gasteiger partial charge in [0.2, 0.25) is 0 Å². The molecule has 0 spiro atoms. The summed E-state index contributed by atoms with van der Waals surface area (Å²) in [5, 5.41) is 14.0. The van der Waals surface area contributed by atoms with Crippen molar-refractivity contribution in [1.82, 2.24) is 10.3 Å². The van der Waals surface area contributed by atoms with Gasteiger partial charge < -0.3 is 10.1 Å². The minimum absolute atomic E-state index is 0.103. The molecule has 9 nitrogen and oxygen atoms in total. The maximum atomic E-state index is 11.4. The van der Waals surface area contributed by atoms with Crippen LogP contribution in [0, 0.1) is 0 Å². The van der Waals surface area contributed by atoms with Gasteiger partial charge in [-0.05, 0) is 30.5 Å². The van der Waals surface area contributed by atoms with E-state index in [1.165, 1.54) is 55.6 Å². The van der Waals surface area contributed by atoms with Crippen molar-refractivity contribution in [2.75, 3.05) is 25.0 Å². The summed E-state index contributed by atoms with van der Waals surface area (Å²) < 4.78 is 29.9. The second-order valence-electron chi connectivity index (χ2n) is 7.40. The van der Waals surface area contributed by atoms with E-state index in [2.05, 4.69) is 38.6 Å². The van der Waals surface area contributed by atoms with Crippen LogP contribution in [0.5, 0.6) is 0 Å². The molecule has 2 heterocycles. The summed E-state index contributed by atoms with van der Waals surface area (Å²) in [6.07, 6.45) is 6.98. The molecule has 2 aromatic rings. The Morgan fingerprint density at radius 1 is 1.34 bits per heavy atom. The van der Waals surface area contributed by atoms with Crippen LogP contribution >= 0.6 is 0 Å². The molecule has 0 aliphatic carbocycles. The van der Waals surface area contributed by atoms with Crippen molar-refractivity contribution >= 4 is 30.1 Å². The van der Waals surface area contributed by atoms with Crippen LogP contribution in [0.1, 0.15) is 50.5 Å². The molecular weight excluding hydrogens is 477 g/mol. The fourth-order valence-corrected chi connectivity index (χ4v) is 4.90. The van der Waals surface area contributed by atoms with Gasteiger partial charge in [-0.1, -0.05) is 19.8 Å². The number of anilines is 1. The third kappa shape index (κ3) is 8.50. The molecule has 32 heavy (non-hydrogen) atoms. The molecular formula is C22H32AsN3O6. The number of carbonyl (C=O) groups is 1. The molecule has 1 aromatic carbocycles. The fraction of sp³-hybridized carbons (Fsp3) is 0.455. The number of aryl methyl sites for hydroxylation is 1. The number of morpholine rings is 1. The fourth-order valence-electron chi connectivity index (χ4n) is 3.23. The van der Waals surface area contributed by atoms with Gasteiger partial charge in [-0.25, -0.2) is 0 Å². The molecule has 10 heteroatoms. The first-order valence-electron chi connectivity index (χ1n) is 10.7. The van der Waals surface area contributed by atoms with Crippen LogP contribution in [-0.4, -0.2) is 54.1 Å². The number of pyridine rings is 1. The predicted octanol–water partition coefficient (Wildman–Crippen LogP) is 2.18. The molecule has 1 aliphatic rings. The molecule has 0 bridgehead atoms. The summed E-state index contributed by atoms with van der Waals surface area (Å²) in [5.74, 6) is -0.379. The zero-order chi connectivity index (χ0) is 23.4. The van der Waals surface area contributed by atoms with E-state index in [-0.39, 0.29) is 22.0 Å². The van der Waals surface area contributed by atoms with Crippen LogP contribution in [0.4, 0.5) is 5.69 Å². The van der Waals surface area contributed by atoms with Crippen LogP contribution < -0.4 is 15.0 Å². The van der Waals surface area contributed by atoms with Gasteiger partial charge in [0.05, 0.1) is 12.7 Å². The third-order valence-electron chi connectivity index (χ3n) is 4.81.